The van der Waals surface area contributed by atoms with Crippen molar-refractivity contribution in [3.05, 3.63) is 69.3 Å². The first-order valence-corrected chi connectivity index (χ1v) is 7.82. The molecule has 0 radical (unpaired) electrons. The smallest absolute Gasteiger partial charge is 0.269 e. The molecule has 0 spiro atoms. The Morgan fingerprint density at radius 2 is 1.88 bits per heavy atom. The first-order valence-electron chi connectivity index (χ1n) is 7.41. The molecule has 0 saturated carbocycles. The lowest BCUT2D eigenvalue weighted by molar-refractivity contribution is -0.384. The van der Waals surface area contributed by atoms with Crippen LogP contribution in [-0.2, 0) is 0 Å². The molecule has 2 rings (SSSR count). The van der Waals surface area contributed by atoms with E-state index >= 15 is 0 Å². The molecule has 0 unspecified atom stereocenters. The van der Waals surface area contributed by atoms with Gasteiger partial charge in [-0.25, -0.2) is 0 Å². The fourth-order valence-corrected chi connectivity index (χ4v) is 2.32. The summed E-state index contributed by atoms with van der Waals surface area (Å²) in [6.45, 7) is 4.26. The molecule has 0 aliphatic heterocycles. The molecular weight excluding hydrogens is 326 g/mol. The van der Waals surface area contributed by atoms with E-state index in [4.69, 9.17) is 12.2 Å². The minimum Gasteiger partial charge on any atom is -0.387 e. The van der Waals surface area contributed by atoms with Crippen LogP contribution in [-0.4, -0.2) is 21.7 Å². The number of rotatable bonds is 5. The number of aliphatic hydroxyl groups excluding tert-OH is 1. The molecule has 126 valence electrons. The minimum absolute atomic E-state index is 0.00848. The van der Waals surface area contributed by atoms with E-state index in [9.17, 15) is 15.2 Å². The van der Waals surface area contributed by atoms with Gasteiger partial charge in [-0.2, -0.15) is 0 Å². The molecule has 0 heterocycles. The molecule has 2 aromatic carbocycles. The van der Waals surface area contributed by atoms with Crippen molar-refractivity contribution in [1.82, 2.24) is 5.32 Å². The Bertz CT molecular complexity index is 747. The van der Waals surface area contributed by atoms with Crippen molar-refractivity contribution in [1.29, 1.82) is 0 Å². The lowest BCUT2D eigenvalue weighted by Crippen LogP contribution is -2.32. The van der Waals surface area contributed by atoms with Gasteiger partial charge in [0.15, 0.2) is 5.11 Å². The summed E-state index contributed by atoms with van der Waals surface area (Å²) in [5.41, 5.74) is 3.81. The summed E-state index contributed by atoms with van der Waals surface area (Å²) >= 11 is 5.21. The van der Waals surface area contributed by atoms with Gasteiger partial charge in [-0.05, 0) is 67.0 Å². The maximum absolute atomic E-state index is 10.6. The molecular formula is C17H19N3O3S. The zero-order valence-electron chi connectivity index (χ0n) is 13.4. The molecule has 0 aliphatic carbocycles. The fraction of sp³-hybridized carbons (Fsp3) is 0.235. The standard InChI is InChI=1S/C17H19N3O3S/c1-11-3-6-14(9-12(11)2)19-17(24)18-10-16(21)13-4-7-15(8-5-13)20(22)23/h3-9,16,21H,10H2,1-2H3,(H2,18,19,24)/t16-/m1/s1. The molecule has 24 heavy (non-hydrogen) atoms. The lowest BCUT2D eigenvalue weighted by Gasteiger charge is -2.15. The van der Waals surface area contributed by atoms with Crippen molar-refractivity contribution in [2.24, 2.45) is 0 Å². The van der Waals surface area contributed by atoms with Crippen LogP contribution < -0.4 is 10.6 Å². The maximum Gasteiger partial charge on any atom is 0.269 e. The summed E-state index contributed by atoms with van der Waals surface area (Å²) in [4.78, 5) is 10.1. The third kappa shape index (κ3) is 4.74. The Morgan fingerprint density at radius 1 is 1.21 bits per heavy atom. The first-order chi connectivity index (χ1) is 11.4. The van der Waals surface area contributed by atoms with Crippen LogP contribution in [0.15, 0.2) is 42.5 Å². The first kappa shape index (κ1) is 17.8. The lowest BCUT2D eigenvalue weighted by atomic mass is 10.1. The SMILES string of the molecule is Cc1ccc(NC(=S)NC[C@@H](O)c2ccc([N+](=O)[O-])cc2)cc1C. The van der Waals surface area contributed by atoms with Crippen LogP contribution in [0, 0.1) is 24.0 Å². The number of hydrogen-bond donors (Lipinski definition) is 3. The van der Waals surface area contributed by atoms with E-state index in [-0.39, 0.29) is 12.2 Å². The minimum atomic E-state index is -0.815. The molecule has 3 N–H and O–H groups in total. The Hall–Kier alpha value is -2.51. The van der Waals surface area contributed by atoms with Crippen molar-refractivity contribution < 1.29 is 10.0 Å². The third-order valence-electron chi connectivity index (χ3n) is 3.71. The fourth-order valence-electron chi connectivity index (χ4n) is 2.12. The highest BCUT2D eigenvalue weighted by Gasteiger charge is 2.11. The summed E-state index contributed by atoms with van der Waals surface area (Å²) in [6, 6.07) is 11.7. The van der Waals surface area contributed by atoms with Gasteiger partial charge in [-0.15, -0.1) is 0 Å². The van der Waals surface area contributed by atoms with E-state index in [1.54, 1.807) is 0 Å². The van der Waals surface area contributed by atoms with Crippen LogP contribution in [0.4, 0.5) is 11.4 Å². The van der Waals surface area contributed by atoms with Crippen LogP contribution in [0.2, 0.25) is 0 Å². The summed E-state index contributed by atoms with van der Waals surface area (Å²) in [5, 5.41) is 27.1. The van der Waals surface area contributed by atoms with Gasteiger partial charge >= 0.3 is 0 Å². The number of nitro benzene ring substituents is 1. The van der Waals surface area contributed by atoms with E-state index in [1.165, 1.54) is 29.8 Å². The Labute approximate surface area is 145 Å². The Balaban J connectivity index is 1.88. The van der Waals surface area contributed by atoms with E-state index in [1.807, 2.05) is 32.0 Å². The predicted octanol–water partition coefficient (Wildman–Crippen LogP) is 3.23. The van der Waals surface area contributed by atoms with Gasteiger partial charge in [-0.1, -0.05) is 6.07 Å². The van der Waals surface area contributed by atoms with Crippen molar-refractivity contribution in [3.63, 3.8) is 0 Å². The van der Waals surface area contributed by atoms with E-state index in [0.29, 0.717) is 10.7 Å². The van der Waals surface area contributed by atoms with E-state index in [2.05, 4.69) is 10.6 Å². The third-order valence-corrected chi connectivity index (χ3v) is 3.96. The number of aliphatic hydroxyl groups is 1. The monoisotopic (exact) mass is 345 g/mol. The van der Waals surface area contributed by atoms with Gasteiger partial charge in [0.25, 0.3) is 5.69 Å². The summed E-state index contributed by atoms with van der Waals surface area (Å²) in [6.07, 6.45) is -0.815. The molecule has 0 fully saturated rings. The van der Waals surface area contributed by atoms with Crippen LogP contribution in [0.25, 0.3) is 0 Å². The summed E-state index contributed by atoms with van der Waals surface area (Å²) in [5.74, 6) is 0. The van der Waals surface area contributed by atoms with Crippen LogP contribution >= 0.6 is 12.2 Å². The highest BCUT2D eigenvalue weighted by molar-refractivity contribution is 7.80. The number of nitrogens with zero attached hydrogens (tertiary/aromatic N) is 1. The highest BCUT2D eigenvalue weighted by Crippen LogP contribution is 2.17. The zero-order valence-corrected chi connectivity index (χ0v) is 14.3. The zero-order chi connectivity index (χ0) is 17.7. The number of aryl methyl sites for hydroxylation is 2. The number of hydrogen-bond acceptors (Lipinski definition) is 4. The second-order valence-corrected chi connectivity index (χ2v) is 5.91. The van der Waals surface area contributed by atoms with Crippen molar-refractivity contribution >= 4 is 28.7 Å². The average molecular weight is 345 g/mol. The molecule has 0 aromatic heterocycles. The molecule has 7 heteroatoms. The van der Waals surface area contributed by atoms with Gasteiger partial charge in [0, 0.05) is 24.4 Å². The predicted molar refractivity (Wildman–Crippen MR) is 98.2 cm³/mol. The molecule has 2 aromatic rings. The number of non-ortho nitro benzene ring substituents is 1. The number of nitro groups is 1. The average Bonchev–Trinajstić information content (AvgIpc) is 2.56. The molecule has 1 atom stereocenters. The highest BCUT2D eigenvalue weighted by atomic mass is 32.1. The molecule has 0 amide bonds. The van der Waals surface area contributed by atoms with Gasteiger partial charge < -0.3 is 15.7 Å². The normalized spacial score (nSPS) is 11.6. The van der Waals surface area contributed by atoms with Gasteiger partial charge in [0.2, 0.25) is 0 Å². The summed E-state index contributed by atoms with van der Waals surface area (Å²) < 4.78 is 0. The Kier molecular flexibility index (Phi) is 5.83. The summed E-state index contributed by atoms with van der Waals surface area (Å²) in [7, 11) is 0. The van der Waals surface area contributed by atoms with Crippen LogP contribution in [0.3, 0.4) is 0 Å². The van der Waals surface area contributed by atoms with Crippen LogP contribution in [0.5, 0.6) is 0 Å². The van der Waals surface area contributed by atoms with Crippen molar-refractivity contribution in [2.75, 3.05) is 11.9 Å². The van der Waals surface area contributed by atoms with Gasteiger partial charge in [0.05, 0.1) is 11.0 Å². The van der Waals surface area contributed by atoms with E-state index in [0.717, 1.165) is 11.3 Å². The number of anilines is 1. The molecule has 0 bridgehead atoms. The number of nitrogens with one attached hydrogen (secondary N) is 2. The Morgan fingerprint density at radius 3 is 2.46 bits per heavy atom. The molecule has 6 nitrogen and oxygen atoms in total. The van der Waals surface area contributed by atoms with Crippen LogP contribution in [0.1, 0.15) is 22.8 Å². The van der Waals surface area contributed by atoms with Gasteiger partial charge in [-0.3, -0.25) is 10.1 Å². The van der Waals surface area contributed by atoms with Crippen molar-refractivity contribution in [2.45, 2.75) is 20.0 Å². The van der Waals surface area contributed by atoms with E-state index < -0.39 is 11.0 Å². The number of thiocarbonyl (C=S) groups is 1. The second kappa shape index (κ2) is 7.85. The largest absolute Gasteiger partial charge is 0.387 e. The maximum atomic E-state index is 10.6. The van der Waals surface area contributed by atoms with Crippen molar-refractivity contribution in [3.8, 4) is 0 Å². The second-order valence-electron chi connectivity index (χ2n) is 5.50. The topological polar surface area (TPSA) is 87.4 Å². The molecule has 0 aliphatic rings. The quantitative estimate of drug-likeness (QED) is 0.438. The van der Waals surface area contributed by atoms with Gasteiger partial charge in [0.1, 0.15) is 0 Å². The molecule has 0 saturated heterocycles. The number of benzene rings is 2.